The van der Waals surface area contributed by atoms with Crippen LogP contribution in [0.4, 0.5) is 0 Å². The molecule has 102 valence electrons. The molecule has 6 nitrogen and oxygen atoms in total. The van der Waals surface area contributed by atoms with E-state index in [1.54, 1.807) is 0 Å². The highest BCUT2D eigenvalue weighted by Gasteiger charge is 2.33. The molecule has 2 rings (SSSR count). The van der Waals surface area contributed by atoms with Crippen LogP contribution in [-0.4, -0.2) is 35.7 Å². The first-order chi connectivity index (χ1) is 8.41. The standard InChI is InChI=1S/C11H20N4O2S/c1-8-5-10(15(2)14-8)6-11(13-12)9-3-4-18(16,17)7-9/h5,9,11,13H,3-4,6-7,12H2,1-2H3. The van der Waals surface area contributed by atoms with Crippen molar-refractivity contribution in [2.45, 2.75) is 25.8 Å². The largest absolute Gasteiger partial charge is 0.272 e. The van der Waals surface area contributed by atoms with E-state index in [-0.39, 0.29) is 23.5 Å². The van der Waals surface area contributed by atoms with E-state index in [1.807, 2.05) is 24.7 Å². The highest BCUT2D eigenvalue weighted by molar-refractivity contribution is 7.91. The van der Waals surface area contributed by atoms with E-state index in [4.69, 9.17) is 5.84 Å². The molecule has 2 atom stereocenters. The molecule has 0 aromatic carbocycles. The van der Waals surface area contributed by atoms with Crippen molar-refractivity contribution in [1.29, 1.82) is 0 Å². The average Bonchev–Trinajstić information content (AvgIpc) is 2.78. The zero-order chi connectivity index (χ0) is 13.3. The SMILES string of the molecule is Cc1cc(CC(NN)C2CCS(=O)(=O)C2)n(C)n1. The number of aromatic nitrogens is 2. The predicted molar refractivity (Wildman–Crippen MR) is 69.5 cm³/mol. The van der Waals surface area contributed by atoms with E-state index >= 15 is 0 Å². The molecule has 0 amide bonds. The molecule has 2 unspecified atom stereocenters. The van der Waals surface area contributed by atoms with Gasteiger partial charge in [0.15, 0.2) is 9.84 Å². The molecule has 0 aliphatic carbocycles. The van der Waals surface area contributed by atoms with Crippen molar-refractivity contribution in [1.82, 2.24) is 15.2 Å². The number of rotatable bonds is 4. The number of nitrogens with one attached hydrogen (secondary N) is 1. The van der Waals surface area contributed by atoms with Crippen molar-refractivity contribution in [2.75, 3.05) is 11.5 Å². The van der Waals surface area contributed by atoms with E-state index in [0.717, 1.165) is 11.4 Å². The van der Waals surface area contributed by atoms with Gasteiger partial charge < -0.3 is 0 Å². The van der Waals surface area contributed by atoms with Crippen LogP contribution in [-0.2, 0) is 23.3 Å². The van der Waals surface area contributed by atoms with Gasteiger partial charge in [0.25, 0.3) is 0 Å². The maximum absolute atomic E-state index is 11.5. The van der Waals surface area contributed by atoms with Crippen molar-refractivity contribution in [3.8, 4) is 0 Å². The minimum atomic E-state index is -2.87. The minimum Gasteiger partial charge on any atom is -0.272 e. The molecule has 0 spiro atoms. The van der Waals surface area contributed by atoms with Gasteiger partial charge >= 0.3 is 0 Å². The highest BCUT2D eigenvalue weighted by atomic mass is 32.2. The maximum atomic E-state index is 11.5. The van der Waals surface area contributed by atoms with Crippen LogP contribution in [0.3, 0.4) is 0 Å². The third-order valence-electron chi connectivity index (χ3n) is 3.58. The summed E-state index contributed by atoms with van der Waals surface area (Å²) in [5.41, 5.74) is 4.79. The fourth-order valence-corrected chi connectivity index (χ4v) is 4.46. The average molecular weight is 272 g/mol. The second kappa shape index (κ2) is 4.99. The third kappa shape index (κ3) is 2.90. The minimum absolute atomic E-state index is 0.0166. The Morgan fingerprint density at radius 3 is 2.83 bits per heavy atom. The third-order valence-corrected chi connectivity index (χ3v) is 5.37. The van der Waals surface area contributed by atoms with Crippen LogP contribution in [0.25, 0.3) is 0 Å². The molecule has 1 saturated heterocycles. The molecule has 18 heavy (non-hydrogen) atoms. The van der Waals surface area contributed by atoms with Crippen molar-refractivity contribution in [2.24, 2.45) is 18.8 Å². The Balaban J connectivity index is 2.08. The van der Waals surface area contributed by atoms with Gasteiger partial charge in [0.1, 0.15) is 0 Å². The zero-order valence-electron chi connectivity index (χ0n) is 10.8. The van der Waals surface area contributed by atoms with Crippen molar-refractivity contribution >= 4 is 9.84 Å². The normalized spacial score (nSPS) is 24.3. The summed E-state index contributed by atoms with van der Waals surface area (Å²) in [6, 6.07) is 1.99. The van der Waals surface area contributed by atoms with Gasteiger partial charge in [-0.15, -0.1) is 0 Å². The molecule has 1 aromatic rings. The van der Waals surface area contributed by atoms with E-state index in [0.29, 0.717) is 12.8 Å². The van der Waals surface area contributed by atoms with Crippen LogP contribution in [0.15, 0.2) is 6.07 Å². The molecule has 0 saturated carbocycles. The van der Waals surface area contributed by atoms with Crippen LogP contribution in [0, 0.1) is 12.8 Å². The smallest absolute Gasteiger partial charge is 0.150 e. The lowest BCUT2D eigenvalue weighted by Gasteiger charge is -2.21. The number of aryl methyl sites for hydroxylation is 2. The first kappa shape index (κ1) is 13.5. The maximum Gasteiger partial charge on any atom is 0.150 e. The van der Waals surface area contributed by atoms with Gasteiger partial charge in [-0.05, 0) is 25.3 Å². The number of hydrogen-bond donors (Lipinski definition) is 2. The topological polar surface area (TPSA) is 90.0 Å². The Morgan fingerprint density at radius 2 is 2.39 bits per heavy atom. The summed E-state index contributed by atoms with van der Waals surface area (Å²) in [4.78, 5) is 0. The fourth-order valence-electron chi connectivity index (χ4n) is 2.58. The molecule has 1 aromatic heterocycles. The second-order valence-corrected chi connectivity index (χ2v) is 7.27. The molecule has 3 N–H and O–H groups in total. The number of nitrogens with two attached hydrogens (primary N) is 1. The second-order valence-electron chi connectivity index (χ2n) is 5.04. The summed E-state index contributed by atoms with van der Waals surface area (Å²) in [6.07, 6.45) is 1.39. The van der Waals surface area contributed by atoms with Gasteiger partial charge in [0.2, 0.25) is 0 Å². The Hall–Kier alpha value is -0.920. The van der Waals surface area contributed by atoms with Gasteiger partial charge in [0, 0.05) is 25.2 Å². The summed E-state index contributed by atoms with van der Waals surface area (Å²) >= 11 is 0. The molecule has 2 heterocycles. The van der Waals surface area contributed by atoms with Crippen LogP contribution in [0.2, 0.25) is 0 Å². The molecule has 0 bridgehead atoms. The summed E-state index contributed by atoms with van der Waals surface area (Å²) in [7, 11) is -0.976. The molecule has 1 aliphatic heterocycles. The summed E-state index contributed by atoms with van der Waals surface area (Å²) in [5.74, 6) is 6.18. The number of hydrogen-bond acceptors (Lipinski definition) is 5. The van der Waals surface area contributed by atoms with Gasteiger partial charge in [-0.25, -0.2) is 8.42 Å². The molecule has 0 radical (unpaired) electrons. The zero-order valence-corrected chi connectivity index (χ0v) is 11.6. The molecule has 7 heteroatoms. The summed E-state index contributed by atoms with van der Waals surface area (Å²) < 4.78 is 24.8. The Labute approximate surface area is 107 Å². The Kier molecular flexibility index (Phi) is 3.74. The lowest BCUT2D eigenvalue weighted by molar-refractivity contribution is 0.378. The fraction of sp³-hybridized carbons (Fsp3) is 0.727. The van der Waals surface area contributed by atoms with E-state index in [9.17, 15) is 8.42 Å². The van der Waals surface area contributed by atoms with Crippen LogP contribution < -0.4 is 11.3 Å². The van der Waals surface area contributed by atoms with E-state index < -0.39 is 9.84 Å². The highest BCUT2D eigenvalue weighted by Crippen LogP contribution is 2.23. The van der Waals surface area contributed by atoms with Crippen molar-refractivity contribution < 1.29 is 8.42 Å². The summed E-state index contributed by atoms with van der Waals surface area (Å²) in [6.45, 7) is 1.94. The van der Waals surface area contributed by atoms with Crippen LogP contribution in [0.1, 0.15) is 17.8 Å². The molecular weight excluding hydrogens is 252 g/mol. The molecule has 1 aliphatic rings. The van der Waals surface area contributed by atoms with E-state index in [2.05, 4.69) is 10.5 Å². The van der Waals surface area contributed by atoms with Gasteiger partial charge in [-0.2, -0.15) is 5.10 Å². The van der Waals surface area contributed by atoms with Crippen molar-refractivity contribution in [3.05, 3.63) is 17.5 Å². The van der Waals surface area contributed by atoms with Crippen LogP contribution >= 0.6 is 0 Å². The van der Waals surface area contributed by atoms with Crippen molar-refractivity contribution in [3.63, 3.8) is 0 Å². The monoisotopic (exact) mass is 272 g/mol. The number of sulfone groups is 1. The first-order valence-electron chi connectivity index (χ1n) is 6.07. The number of hydrazine groups is 1. The Bertz CT molecular complexity index is 523. The first-order valence-corrected chi connectivity index (χ1v) is 7.89. The molecular formula is C11H20N4O2S. The Morgan fingerprint density at radius 1 is 1.67 bits per heavy atom. The summed E-state index contributed by atoms with van der Waals surface area (Å²) in [5, 5.41) is 4.28. The van der Waals surface area contributed by atoms with Gasteiger partial charge in [-0.1, -0.05) is 0 Å². The van der Waals surface area contributed by atoms with E-state index in [1.165, 1.54) is 0 Å². The van der Waals surface area contributed by atoms with Crippen LogP contribution in [0.5, 0.6) is 0 Å². The number of nitrogens with zero attached hydrogens (tertiary/aromatic N) is 2. The lowest BCUT2D eigenvalue weighted by Crippen LogP contribution is -2.43. The van der Waals surface area contributed by atoms with Gasteiger partial charge in [-0.3, -0.25) is 16.0 Å². The molecule has 1 fully saturated rings. The lowest BCUT2D eigenvalue weighted by atomic mass is 9.95. The quantitative estimate of drug-likeness (QED) is 0.572. The predicted octanol–water partition coefficient (Wildman–Crippen LogP) is -0.462. The van der Waals surface area contributed by atoms with Gasteiger partial charge in [0.05, 0.1) is 17.2 Å².